The third-order valence-electron chi connectivity index (χ3n) is 2.37. The number of hydrogen-bond acceptors (Lipinski definition) is 4. The van der Waals surface area contributed by atoms with Gasteiger partial charge in [0.15, 0.2) is 0 Å². The Kier molecular flexibility index (Phi) is 6.18. The van der Waals surface area contributed by atoms with E-state index in [1.807, 2.05) is 6.92 Å². The van der Waals surface area contributed by atoms with Crippen LogP contribution >= 0.6 is 0 Å². The van der Waals surface area contributed by atoms with Gasteiger partial charge in [0.2, 0.25) is 0 Å². The molecule has 0 aliphatic carbocycles. The first-order chi connectivity index (χ1) is 8.66. The van der Waals surface area contributed by atoms with Crippen LogP contribution in [0, 0.1) is 0 Å². The van der Waals surface area contributed by atoms with Crippen molar-refractivity contribution in [3.63, 3.8) is 0 Å². The molecule has 0 atom stereocenters. The van der Waals surface area contributed by atoms with Crippen molar-refractivity contribution in [3.8, 4) is 0 Å². The first kappa shape index (κ1) is 14.5. The molecule has 0 unspecified atom stereocenters. The first-order valence-electron chi connectivity index (χ1n) is 5.93. The molecule has 0 spiro atoms. The molecule has 0 radical (unpaired) electrons. The Labute approximate surface area is 107 Å². The van der Waals surface area contributed by atoms with Crippen molar-refractivity contribution in [2.45, 2.75) is 20.0 Å². The SMILES string of the molecule is CCCOCCOCc1cccc(N)c1C(=O)O. The number of carbonyl (C=O) groups is 1. The second kappa shape index (κ2) is 7.68. The van der Waals surface area contributed by atoms with Gasteiger partial charge in [-0.05, 0) is 18.1 Å². The Morgan fingerprint density at radius 3 is 2.67 bits per heavy atom. The summed E-state index contributed by atoms with van der Waals surface area (Å²) in [6, 6.07) is 4.98. The number of nitrogen functional groups attached to an aromatic ring is 1. The van der Waals surface area contributed by atoms with Crippen LogP contribution in [-0.4, -0.2) is 30.9 Å². The van der Waals surface area contributed by atoms with Crippen LogP contribution in [0.3, 0.4) is 0 Å². The molecule has 0 heterocycles. The highest BCUT2D eigenvalue weighted by atomic mass is 16.5. The standard InChI is InChI=1S/C13H19NO4/c1-2-6-17-7-8-18-9-10-4-3-5-11(14)12(10)13(15)16/h3-5H,2,6-9,14H2,1H3,(H,15,16). The van der Waals surface area contributed by atoms with Crippen molar-refractivity contribution < 1.29 is 19.4 Å². The van der Waals surface area contributed by atoms with Gasteiger partial charge in [0.1, 0.15) is 0 Å². The highest BCUT2D eigenvalue weighted by molar-refractivity contribution is 5.95. The number of anilines is 1. The predicted molar refractivity (Wildman–Crippen MR) is 68.6 cm³/mol. The number of carboxylic acid groups (broad SMARTS) is 1. The fourth-order valence-electron chi connectivity index (χ4n) is 1.55. The van der Waals surface area contributed by atoms with Crippen LogP contribution < -0.4 is 5.73 Å². The smallest absolute Gasteiger partial charge is 0.338 e. The van der Waals surface area contributed by atoms with Gasteiger partial charge in [0.25, 0.3) is 0 Å². The van der Waals surface area contributed by atoms with E-state index in [4.69, 9.17) is 20.3 Å². The third kappa shape index (κ3) is 4.35. The molecular weight excluding hydrogens is 234 g/mol. The molecular formula is C13H19NO4. The van der Waals surface area contributed by atoms with Crippen molar-refractivity contribution in [2.24, 2.45) is 0 Å². The zero-order valence-corrected chi connectivity index (χ0v) is 10.5. The number of aromatic carboxylic acids is 1. The maximum Gasteiger partial charge on any atom is 0.338 e. The molecule has 3 N–H and O–H groups in total. The van der Waals surface area contributed by atoms with Gasteiger partial charge in [-0.15, -0.1) is 0 Å². The highest BCUT2D eigenvalue weighted by Crippen LogP contribution is 2.17. The van der Waals surface area contributed by atoms with Gasteiger partial charge in [0.05, 0.1) is 25.4 Å². The van der Waals surface area contributed by atoms with Crippen LogP contribution in [0.4, 0.5) is 5.69 Å². The molecule has 0 amide bonds. The summed E-state index contributed by atoms with van der Waals surface area (Å²) in [5.74, 6) is -1.03. The summed E-state index contributed by atoms with van der Waals surface area (Å²) in [4.78, 5) is 11.1. The van der Waals surface area contributed by atoms with Crippen molar-refractivity contribution in [1.29, 1.82) is 0 Å². The molecule has 1 aromatic carbocycles. The summed E-state index contributed by atoms with van der Waals surface area (Å²) in [7, 11) is 0. The lowest BCUT2D eigenvalue weighted by Crippen LogP contribution is -2.10. The molecule has 5 heteroatoms. The minimum absolute atomic E-state index is 0.118. The van der Waals surface area contributed by atoms with Crippen LogP contribution in [0.25, 0.3) is 0 Å². The zero-order chi connectivity index (χ0) is 13.4. The van der Waals surface area contributed by atoms with Gasteiger partial charge in [0, 0.05) is 12.3 Å². The molecule has 0 aliphatic heterocycles. The summed E-state index contributed by atoms with van der Waals surface area (Å²) < 4.78 is 10.6. The summed E-state index contributed by atoms with van der Waals surface area (Å²) in [5.41, 5.74) is 6.59. The largest absolute Gasteiger partial charge is 0.478 e. The van der Waals surface area contributed by atoms with Crippen molar-refractivity contribution in [1.82, 2.24) is 0 Å². The van der Waals surface area contributed by atoms with E-state index in [0.717, 1.165) is 6.42 Å². The van der Waals surface area contributed by atoms with Crippen LogP contribution in [0.2, 0.25) is 0 Å². The maximum absolute atomic E-state index is 11.1. The quantitative estimate of drug-likeness (QED) is 0.546. The maximum atomic E-state index is 11.1. The minimum atomic E-state index is -1.03. The lowest BCUT2D eigenvalue weighted by Gasteiger charge is -2.09. The fraction of sp³-hybridized carbons (Fsp3) is 0.462. The second-order valence-electron chi connectivity index (χ2n) is 3.85. The lowest BCUT2D eigenvalue weighted by molar-refractivity contribution is 0.0401. The summed E-state index contributed by atoms with van der Waals surface area (Å²) in [6.07, 6.45) is 0.971. The Balaban J connectivity index is 2.47. The molecule has 0 aromatic heterocycles. The topological polar surface area (TPSA) is 81.8 Å². The predicted octanol–water partition coefficient (Wildman–Crippen LogP) is 1.91. The molecule has 1 aromatic rings. The number of rotatable bonds is 8. The van der Waals surface area contributed by atoms with E-state index < -0.39 is 5.97 Å². The molecule has 1 rings (SSSR count). The fourth-order valence-corrected chi connectivity index (χ4v) is 1.55. The number of hydrogen-bond donors (Lipinski definition) is 2. The molecule has 5 nitrogen and oxygen atoms in total. The normalized spacial score (nSPS) is 10.5. The minimum Gasteiger partial charge on any atom is -0.478 e. The number of ether oxygens (including phenoxy) is 2. The van der Waals surface area contributed by atoms with Gasteiger partial charge >= 0.3 is 5.97 Å². The average molecular weight is 253 g/mol. The Morgan fingerprint density at radius 2 is 2.00 bits per heavy atom. The van der Waals surface area contributed by atoms with Gasteiger partial charge in [-0.25, -0.2) is 4.79 Å². The summed E-state index contributed by atoms with van der Waals surface area (Å²) in [5, 5.41) is 9.06. The second-order valence-corrected chi connectivity index (χ2v) is 3.85. The Hall–Kier alpha value is -1.59. The summed E-state index contributed by atoms with van der Waals surface area (Å²) in [6.45, 7) is 3.92. The molecule has 18 heavy (non-hydrogen) atoms. The molecule has 0 saturated heterocycles. The summed E-state index contributed by atoms with van der Waals surface area (Å²) >= 11 is 0. The van der Waals surface area contributed by atoms with Crippen LogP contribution in [0.1, 0.15) is 29.3 Å². The van der Waals surface area contributed by atoms with E-state index in [1.165, 1.54) is 0 Å². The number of carboxylic acids is 1. The van der Waals surface area contributed by atoms with E-state index >= 15 is 0 Å². The van der Waals surface area contributed by atoms with Gasteiger partial charge < -0.3 is 20.3 Å². The Bertz CT molecular complexity index is 393. The van der Waals surface area contributed by atoms with Crippen molar-refractivity contribution in [2.75, 3.05) is 25.6 Å². The first-order valence-corrected chi connectivity index (χ1v) is 5.93. The van der Waals surface area contributed by atoms with Crippen LogP contribution in [0.5, 0.6) is 0 Å². The van der Waals surface area contributed by atoms with Crippen molar-refractivity contribution in [3.05, 3.63) is 29.3 Å². The molecule has 0 saturated carbocycles. The molecule has 0 aliphatic rings. The van der Waals surface area contributed by atoms with Crippen molar-refractivity contribution >= 4 is 11.7 Å². The molecule has 100 valence electrons. The third-order valence-corrected chi connectivity index (χ3v) is 2.37. The number of benzene rings is 1. The van der Waals surface area contributed by atoms with E-state index in [2.05, 4.69) is 0 Å². The zero-order valence-electron chi connectivity index (χ0n) is 10.5. The van der Waals surface area contributed by atoms with Crippen LogP contribution in [-0.2, 0) is 16.1 Å². The van der Waals surface area contributed by atoms with Gasteiger partial charge in [-0.1, -0.05) is 19.1 Å². The Morgan fingerprint density at radius 1 is 1.28 bits per heavy atom. The monoisotopic (exact) mass is 253 g/mol. The van der Waals surface area contributed by atoms with E-state index in [0.29, 0.717) is 25.4 Å². The van der Waals surface area contributed by atoms with E-state index in [9.17, 15) is 4.79 Å². The highest BCUT2D eigenvalue weighted by Gasteiger charge is 2.13. The van der Waals surface area contributed by atoms with E-state index in [1.54, 1.807) is 18.2 Å². The molecule has 0 fully saturated rings. The molecule has 0 bridgehead atoms. The van der Waals surface area contributed by atoms with E-state index in [-0.39, 0.29) is 17.9 Å². The van der Waals surface area contributed by atoms with Gasteiger partial charge in [-0.2, -0.15) is 0 Å². The van der Waals surface area contributed by atoms with Gasteiger partial charge in [-0.3, -0.25) is 0 Å². The average Bonchev–Trinajstić information content (AvgIpc) is 2.33. The lowest BCUT2D eigenvalue weighted by atomic mass is 10.1. The van der Waals surface area contributed by atoms with Crippen LogP contribution in [0.15, 0.2) is 18.2 Å². The number of nitrogens with two attached hydrogens (primary N) is 1.